The van der Waals surface area contributed by atoms with Gasteiger partial charge in [-0.25, -0.2) is 0 Å². The fraction of sp³-hybridized carbons (Fsp3) is 0.667. The molecule has 1 heterocycles. The van der Waals surface area contributed by atoms with Gasteiger partial charge in [-0.3, -0.25) is 0 Å². The molecule has 0 aliphatic carbocycles. The summed E-state index contributed by atoms with van der Waals surface area (Å²) in [6, 6.07) is 8.36. The lowest BCUT2D eigenvalue weighted by molar-refractivity contribution is -0.0846. The summed E-state index contributed by atoms with van der Waals surface area (Å²) in [4.78, 5) is 0. The average molecular weight is 291 g/mol. The molecule has 21 heavy (non-hydrogen) atoms. The maximum absolute atomic E-state index is 6.22. The first-order chi connectivity index (χ1) is 9.82. The van der Waals surface area contributed by atoms with E-state index < -0.39 is 0 Å². The van der Waals surface area contributed by atoms with Crippen molar-refractivity contribution in [3.63, 3.8) is 0 Å². The fourth-order valence-electron chi connectivity index (χ4n) is 3.00. The van der Waals surface area contributed by atoms with Gasteiger partial charge >= 0.3 is 0 Å². The molecule has 1 N–H and O–H groups in total. The van der Waals surface area contributed by atoms with E-state index in [2.05, 4.69) is 58.1 Å². The molecule has 0 amide bonds. The monoisotopic (exact) mass is 291 g/mol. The van der Waals surface area contributed by atoms with Gasteiger partial charge in [0.2, 0.25) is 0 Å². The van der Waals surface area contributed by atoms with E-state index in [9.17, 15) is 0 Å². The molecule has 0 aromatic heterocycles. The summed E-state index contributed by atoms with van der Waals surface area (Å²) in [5.74, 6) is 0.935. The number of hydrogen-bond donors (Lipinski definition) is 1. The largest absolute Gasteiger partial charge is 0.487 e. The third-order valence-corrected chi connectivity index (χ3v) is 3.92. The van der Waals surface area contributed by atoms with Crippen LogP contribution in [0.1, 0.15) is 53.0 Å². The maximum atomic E-state index is 6.22. The van der Waals surface area contributed by atoms with Crippen molar-refractivity contribution in [2.75, 3.05) is 6.54 Å². The minimum atomic E-state index is -0.250. The SMILES string of the molecule is CCCNCc1cccc(OC2CC(C)(C)OC2(C)C)c1. The maximum Gasteiger partial charge on any atom is 0.130 e. The van der Waals surface area contributed by atoms with E-state index in [0.717, 1.165) is 31.7 Å². The summed E-state index contributed by atoms with van der Waals surface area (Å²) in [6.07, 6.45) is 2.16. The van der Waals surface area contributed by atoms with Crippen molar-refractivity contribution in [3.8, 4) is 5.75 Å². The Hall–Kier alpha value is -1.06. The van der Waals surface area contributed by atoms with Crippen molar-refractivity contribution in [2.24, 2.45) is 0 Å². The molecule has 118 valence electrons. The minimum Gasteiger partial charge on any atom is -0.487 e. The molecule has 1 atom stereocenters. The van der Waals surface area contributed by atoms with E-state index in [0.29, 0.717) is 0 Å². The Morgan fingerprint density at radius 2 is 2.05 bits per heavy atom. The Bertz CT molecular complexity index is 468. The first-order valence-electron chi connectivity index (χ1n) is 7.99. The molecule has 1 fully saturated rings. The lowest BCUT2D eigenvalue weighted by atomic mass is 9.97. The van der Waals surface area contributed by atoms with Gasteiger partial charge in [-0.05, 0) is 58.4 Å². The highest BCUT2D eigenvalue weighted by Crippen LogP contribution is 2.39. The van der Waals surface area contributed by atoms with Crippen LogP contribution in [0, 0.1) is 0 Å². The third-order valence-electron chi connectivity index (χ3n) is 3.92. The summed E-state index contributed by atoms with van der Waals surface area (Å²) in [6.45, 7) is 12.6. The zero-order chi connectivity index (χ0) is 15.5. The van der Waals surface area contributed by atoms with Crippen LogP contribution in [0.4, 0.5) is 0 Å². The van der Waals surface area contributed by atoms with Crippen molar-refractivity contribution in [3.05, 3.63) is 29.8 Å². The molecule has 0 saturated carbocycles. The second-order valence-corrected chi connectivity index (χ2v) is 7.10. The van der Waals surface area contributed by atoms with Gasteiger partial charge in [0.05, 0.1) is 5.60 Å². The van der Waals surface area contributed by atoms with E-state index in [-0.39, 0.29) is 17.3 Å². The van der Waals surface area contributed by atoms with Crippen LogP contribution in [0.3, 0.4) is 0 Å². The zero-order valence-electron chi connectivity index (χ0n) is 14.0. The standard InChI is InChI=1S/C18H29NO2/c1-6-10-19-13-14-8-7-9-15(11-14)20-16-12-17(2,3)21-18(16,4)5/h7-9,11,16,19H,6,10,12-13H2,1-5H3. The Labute approximate surface area is 129 Å². The van der Waals surface area contributed by atoms with Crippen molar-refractivity contribution in [1.29, 1.82) is 0 Å². The molecule has 1 aromatic carbocycles. The van der Waals surface area contributed by atoms with Crippen LogP contribution in [-0.2, 0) is 11.3 Å². The molecule has 0 radical (unpaired) electrons. The number of hydrogen-bond acceptors (Lipinski definition) is 3. The highest BCUT2D eigenvalue weighted by molar-refractivity contribution is 5.29. The quantitative estimate of drug-likeness (QED) is 0.806. The summed E-state index contributed by atoms with van der Waals surface area (Å²) < 4.78 is 12.3. The molecule has 1 aliphatic heterocycles. The van der Waals surface area contributed by atoms with E-state index in [4.69, 9.17) is 9.47 Å². The van der Waals surface area contributed by atoms with Gasteiger partial charge < -0.3 is 14.8 Å². The van der Waals surface area contributed by atoms with E-state index in [1.54, 1.807) is 0 Å². The van der Waals surface area contributed by atoms with Crippen LogP contribution in [0.5, 0.6) is 5.75 Å². The summed E-state index contributed by atoms with van der Waals surface area (Å²) in [7, 11) is 0. The molecule has 1 unspecified atom stereocenters. The van der Waals surface area contributed by atoms with Gasteiger partial charge in [-0.15, -0.1) is 0 Å². The molecule has 1 aromatic rings. The number of ether oxygens (including phenoxy) is 2. The highest BCUT2D eigenvalue weighted by Gasteiger charge is 2.47. The summed E-state index contributed by atoms with van der Waals surface area (Å²) >= 11 is 0. The Kier molecular flexibility index (Phi) is 4.95. The van der Waals surface area contributed by atoms with Crippen LogP contribution in [0.15, 0.2) is 24.3 Å². The van der Waals surface area contributed by atoms with Crippen molar-refractivity contribution in [1.82, 2.24) is 5.32 Å². The number of benzene rings is 1. The molecule has 2 rings (SSSR count). The lowest BCUT2D eigenvalue weighted by Gasteiger charge is -2.27. The predicted octanol–water partition coefficient (Wildman–Crippen LogP) is 3.91. The van der Waals surface area contributed by atoms with Crippen LogP contribution < -0.4 is 10.1 Å². The third kappa shape index (κ3) is 4.45. The minimum absolute atomic E-state index is 0.0892. The van der Waals surface area contributed by atoms with Crippen LogP contribution >= 0.6 is 0 Å². The summed E-state index contributed by atoms with van der Waals surface area (Å²) in [5, 5.41) is 3.42. The molecule has 0 spiro atoms. The first kappa shape index (κ1) is 16.3. The molecule has 0 bridgehead atoms. The van der Waals surface area contributed by atoms with Crippen LogP contribution in [0.2, 0.25) is 0 Å². The molecule has 3 heteroatoms. The van der Waals surface area contributed by atoms with Crippen molar-refractivity contribution < 1.29 is 9.47 Å². The molecule has 1 aliphatic rings. The van der Waals surface area contributed by atoms with E-state index in [1.807, 2.05) is 6.07 Å². The molecular formula is C18H29NO2. The zero-order valence-corrected chi connectivity index (χ0v) is 14.0. The molecular weight excluding hydrogens is 262 g/mol. The van der Waals surface area contributed by atoms with Gasteiger partial charge in [0.15, 0.2) is 0 Å². The van der Waals surface area contributed by atoms with Gasteiger partial charge in [-0.2, -0.15) is 0 Å². The van der Waals surface area contributed by atoms with E-state index >= 15 is 0 Å². The Morgan fingerprint density at radius 3 is 2.67 bits per heavy atom. The van der Waals surface area contributed by atoms with Crippen molar-refractivity contribution >= 4 is 0 Å². The van der Waals surface area contributed by atoms with Crippen molar-refractivity contribution in [2.45, 2.75) is 71.3 Å². The second-order valence-electron chi connectivity index (χ2n) is 7.10. The first-order valence-corrected chi connectivity index (χ1v) is 7.99. The van der Waals surface area contributed by atoms with Gasteiger partial charge in [0, 0.05) is 13.0 Å². The number of nitrogens with one attached hydrogen (secondary N) is 1. The summed E-state index contributed by atoms with van der Waals surface area (Å²) in [5.41, 5.74) is 0.894. The topological polar surface area (TPSA) is 30.5 Å². The van der Waals surface area contributed by atoms with Crippen LogP contribution in [0.25, 0.3) is 0 Å². The fourth-order valence-corrected chi connectivity index (χ4v) is 3.00. The lowest BCUT2D eigenvalue weighted by Crippen LogP contribution is -2.36. The normalized spacial score (nSPS) is 23.2. The predicted molar refractivity (Wildman–Crippen MR) is 86.7 cm³/mol. The van der Waals surface area contributed by atoms with E-state index in [1.165, 1.54) is 5.56 Å². The highest BCUT2D eigenvalue weighted by atomic mass is 16.6. The Morgan fingerprint density at radius 1 is 1.29 bits per heavy atom. The molecule has 1 saturated heterocycles. The second kappa shape index (κ2) is 6.37. The Balaban J connectivity index is 2.01. The van der Waals surface area contributed by atoms with Gasteiger partial charge in [-0.1, -0.05) is 19.1 Å². The van der Waals surface area contributed by atoms with Gasteiger partial charge in [0.25, 0.3) is 0 Å². The smallest absolute Gasteiger partial charge is 0.130 e. The number of rotatable bonds is 6. The van der Waals surface area contributed by atoms with Gasteiger partial charge in [0.1, 0.15) is 17.5 Å². The molecule has 3 nitrogen and oxygen atoms in total. The van der Waals surface area contributed by atoms with Crippen LogP contribution in [-0.4, -0.2) is 23.9 Å². The average Bonchev–Trinajstić information content (AvgIpc) is 2.58.